The van der Waals surface area contributed by atoms with Crippen molar-refractivity contribution in [3.63, 3.8) is 0 Å². The maximum absolute atomic E-state index is 11.2. The first-order chi connectivity index (χ1) is 7.02. The third kappa shape index (κ3) is 9.04. The largest absolute Gasteiger partial charge is 0.605 e. The van der Waals surface area contributed by atoms with Gasteiger partial charge in [0, 0.05) is 15.6 Å². The zero-order valence-corrected chi connectivity index (χ0v) is 11.2. The predicted molar refractivity (Wildman–Crippen MR) is 68.9 cm³/mol. The van der Waals surface area contributed by atoms with Gasteiger partial charge in [0.1, 0.15) is 16.5 Å². The number of hydrogen-bond acceptors (Lipinski definition) is 4. The fourth-order valence-electron chi connectivity index (χ4n) is 0.750. The van der Waals surface area contributed by atoms with Crippen LogP contribution in [0.4, 0.5) is 0 Å². The lowest BCUT2D eigenvalue weighted by atomic mass is 10.6. The van der Waals surface area contributed by atoms with Gasteiger partial charge in [-0.2, -0.15) is 0 Å². The number of hydrogen-bond donors (Lipinski definition) is 0. The molecule has 0 saturated carbocycles. The van der Waals surface area contributed by atoms with Crippen LogP contribution in [-0.4, -0.2) is 30.2 Å². The standard InChI is InChI=1S/C9H16O3S3/c1-3-7-14(10)13-6-5-9-15(11,12)8-4-2/h4-6H,2-3,7-9H2,1H3/b6-5+. The van der Waals surface area contributed by atoms with E-state index in [4.69, 9.17) is 0 Å². The van der Waals surface area contributed by atoms with Crippen LogP contribution < -0.4 is 0 Å². The van der Waals surface area contributed by atoms with Crippen LogP contribution >= 0.6 is 10.8 Å². The average molecular weight is 268 g/mol. The molecule has 0 spiro atoms. The van der Waals surface area contributed by atoms with Crippen molar-refractivity contribution in [3.8, 4) is 0 Å². The van der Waals surface area contributed by atoms with Crippen LogP contribution in [-0.2, 0) is 20.0 Å². The Balaban J connectivity index is 3.85. The van der Waals surface area contributed by atoms with Crippen LogP contribution in [0.5, 0.6) is 0 Å². The van der Waals surface area contributed by atoms with Gasteiger partial charge in [-0.1, -0.05) is 19.1 Å². The summed E-state index contributed by atoms with van der Waals surface area (Å²) in [5.74, 6) is 0.601. The van der Waals surface area contributed by atoms with Gasteiger partial charge in [0.15, 0.2) is 9.84 Å². The molecule has 0 rings (SSSR count). The topological polar surface area (TPSA) is 57.2 Å². The zero-order chi connectivity index (χ0) is 11.7. The highest BCUT2D eigenvalue weighted by atomic mass is 33.1. The molecule has 0 fully saturated rings. The molecular weight excluding hydrogens is 252 g/mol. The Kier molecular flexibility index (Phi) is 8.32. The monoisotopic (exact) mass is 268 g/mol. The van der Waals surface area contributed by atoms with Gasteiger partial charge in [-0.15, -0.1) is 6.58 Å². The van der Waals surface area contributed by atoms with E-state index in [0.717, 1.165) is 17.2 Å². The van der Waals surface area contributed by atoms with E-state index in [9.17, 15) is 13.0 Å². The molecule has 0 aliphatic rings. The third-order valence-corrected chi connectivity index (χ3v) is 5.53. The molecular formula is C9H16O3S3. The van der Waals surface area contributed by atoms with E-state index in [1.807, 2.05) is 6.92 Å². The van der Waals surface area contributed by atoms with Crippen molar-refractivity contribution < 1.29 is 13.0 Å². The molecule has 0 aliphatic heterocycles. The van der Waals surface area contributed by atoms with Gasteiger partial charge in [0.2, 0.25) is 0 Å². The average Bonchev–Trinajstić information content (AvgIpc) is 2.13. The minimum Gasteiger partial charge on any atom is -0.605 e. The van der Waals surface area contributed by atoms with Crippen LogP contribution in [0.3, 0.4) is 0 Å². The van der Waals surface area contributed by atoms with E-state index in [1.54, 1.807) is 5.41 Å². The molecule has 3 nitrogen and oxygen atoms in total. The maximum atomic E-state index is 11.2. The van der Waals surface area contributed by atoms with E-state index in [0.29, 0.717) is 5.75 Å². The predicted octanol–water partition coefficient (Wildman–Crippen LogP) is 1.91. The first kappa shape index (κ1) is 15.1. The summed E-state index contributed by atoms with van der Waals surface area (Å²) in [4.78, 5) is 0. The third-order valence-electron chi connectivity index (χ3n) is 1.35. The first-order valence-electron chi connectivity index (χ1n) is 4.53. The quantitative estimate of drug-likeness (QED) is 0.383. The van der Waals surface area contributed by atoms with Crippen LogP contribution in [0.2, 0.25) is 0 Å². The Hall–Kier alpha value is 0.0900. The van der Waals surface area contributed by atoms with Gasteiger partial charge < -0.3 is 4.55 Å². The second kappa shape index (κ2) is 8.27. The Bertz CT molecular complexity index is 296. The summed E-state index contributed by atoms with van der Waals surface area (Å²) in [6, 6.07) is 0. The van der Waals surface area contributed by atoms with Gasteiger partial charge in [-0.25, -0.2) is 8.42 Å². The molecule has 0 aromatic heterocycles. The minimum absolute atomic E-state index is 0.0138. The Morgan fingerprint density at radius 1 is 1.47 bits per heavy atom. The van der Waals surface area contributed by atoms with Crippen molar-refractivity contribution in [2.45, 2.75) is 13.3 Å². The van der Waals surface area contributed by atoms with Crippen molar-refractivity contribution in [2.24, 2.45) is 0 Å². The second-order valence-electron chi connectivity index (χ2n) is 2.84. The molecule has 0 N–H and O–H groups in total. The molecule has 15 heavy (non-hydrogen) atoms. The normalized spacial score (nSPS) is 14.3. The summed E-state index contributed by atoms with van der Waals surface area (Å²) in [7, 11) is -2.84. The summed E-state index contributed by atoms with van der Waals surface area (Å²) >= 11 is 0. The summed E-state index contributed by atoms with van der Waals surface area (Å²) in [5, 5.41) is 1.59. The Morgan fingerprint density at radius 3 is 2.67 bits per heavy atom. The molecule has 0 radical (unpaired) electrons. The highest BCUT2D eigenvalue weighted by Crippen LogP contribution is 2.15. The maximum Gasteiger partial charge on any atom is 0.157 e. The molecule has 0 bridgehead atoms. The summed E-state index contributed by atoms with van der Waals surface area (Å²) < 4.78 is 33.5. The lowest BCUT2D eigenvalue weighted by molar-refractivity contribution is 0.601. The summed E-state index contributed by atoms with van der Waals surface area (Å²) in [6.45, 7) is 5.32. The molecule has 0 aromatic rings. The van der Waals surface area contributed by atoms with E-state index in [2.05, 4.69) is 6.58 Å². The van der Waals surface area contributed by atoms with Crippen LogP contribution in [0.25, 0.3) is 0 Å². The lowest BCUT2D eigenvalue weighted by Gasteiger charge is -2.02. The molecule has 0 saturated heterocycles. The van der Waals surface area contributed by atoms with Gasteiger partial charge in [0.05, 0.1) is 11.5 Å². The van der Waals surface area contributed by atoms with Crippen molar-refractivity contribution in [3.05, 3.63) is 24.1 Å². The fraction of sp³-hybridized carbons (Fsp3) is 0.556. The summed E-state index contributed by atoms with van der Waals surface area (Å²) in [6.07, 6.45) is 3.75. The molecule has 0 heterocycles. The van der Waals surface area contributed by atoms with E-state index in [-0.39, 0.29) is 11.5 Å². The molecule has 6 heteroatoms. The van der Waals surface area contributed by atoms with Gasteiger partial charge >= 0.3 is 0 Å². The van der Waals surface area contributed by atoms with Gasteiger partial charge in [-0.05, 0) is 6.42 Å². The van der Waals surface area contributed by atoms with Crippen LogP contribution in [0.15, 0.2) is 24.1 Å². The summed E-state index contributed by atoms with van der Waals surface area (Å²) in [5.41, 5.74) is 0. The van der Waals surface area contributed by atoms with Crippen molar-refractivity contribution >= 4 is 30.8 Å². The Labute approximate surface area is 98.5 Å². The van der Waals surface area contributed by atoms with Crippen molar-refractivity contribution in [1.82, 2.24) is 0 Å². The van der Waals surface area contributed by atoms with Crippen molar-refractivity contribution in [1.29, 1.82) is 0 Å². The highest BCUT2D eigenvalue weighted by Gasteiger charge is 2.06. The lowest BCUT2D eigenvalue weighted by Crippen LogP contribution is -2.06. The van der Waals surface area contributed by atoms with Gasteiger partial charge in [-0.3, -0.25) is 0 Å². The van der Waals surface area contributed by atoms with E-state index >= 15 is 0 Å². The molecule has 0 aliphatic carbocycles. The van der Waals surface area contributed by atoms with E-state index < -0.39 is 20.0 Å². The Morgan fingerprint density at radius 2 is 2.13 bits per heavy atom. The van der Waals surface area contributed by atoms with Gasteiger partial charge in [0.25, 0.3) is 0 Å². The molecule has 0 aromatic carbocycles. The number of rotatable bonds is 8. The number of sulfone groups is 1. The minimum atomic E-state index is -3.06. The fourth-order valence-corrected chi connectivity index (χ4v) is 3.88. The second-order valence-corrected chi connectivity index (χ2v) is 8.17. The molecule has 1 unspecified atom stereocenters. The molecule has 1 atom stereocenters. The SMILES string of the molecule is C=CCS(=O)(=O)C/C=C/S[S+]([O-])CCC. The highest BCUT2D eigenvalue weighted by molar-refractivity contribution is 8.73. The van der Waals surface area contributed by atoms with E-state index in [1.165, 1.54) is 12.2 Å². The molecule has 0 amide bonds. The first-order valence-corrected chi connectivity index (χ1v) is 9.07. The molecule has 88 valence electrons. The van der Waals surface area contributed by atoms with Crippen LogP contribution in [0.1, 0.15) is 13.3 Å². The van der Waals surface area contributed by atoms with Crippen LogP contribution in [0, 0.1) is 0 Å². The zero-order valence-electron chi connectivity index (χ0n) is 8.72. The smallest absolute Gasteiger partial charge is 0.157 e. The van der Waals surface area contributed by atoms with Crippen molar-refractivity contribution in [2.75, 3.05) is 17.3 Å².